The van der Waals surface area contributed by atoms with Crippen molar-refractivity contribution in [2.24, 2.45) is 0 Å². The fourth-order valence-corrected chi connectivity index (χ4v) is 1.68. The van der Waals surface area contributed by atoms with Crippen LogP contribution in [-0.4, -0.2) is 48.6 Å². The van der Waals surface area contributed by atoms with Crippen molar-refractivity contribution in [3.8, 4) is 0 Å². The summed E-state index contributed by atoms with van der Waals surface area (Å²) in [6.07, 6.45) is 1.54. The van der Waals surface area contributed by atoms with E-state index in [2.05, 4.69) is 10.3 Å². The molecule has 92 valence electrons. The average Bonchev–Trinajstić information content (AvgIpc) is 2.39. The van der Waals surface area contributed by atoms with Gasteiger partial charge in [0.05, 0.1) is 24.8 Å². The number of carbonyl (C=O) groups is 1. The Kier molecular flexibility index (Phi) is 4.17. The van der Waals surface area contributed by atoms with Gasteiger partial charge in [-0.25, -0.2) is 4.98 Å². The number of anilines is 1. The molecule has 0 spiro atoms. The summed E-state index contributed by atoms with van der Waals surface area (Å²) in [5.41, 5.74) is 0. The predicted octanol–water partition coefficient (Wildman–Crippen LogP) is 1.01. The van der Waals surface area contributed by atoms with Gasteiger partial charge < -0.3 is 15.0 Å². The molecule has 0 atom stereocenters. The fourth-order valence-electron chi connectivity index (χ4n) is 1.57. The van der Waals surface area contributed by atoms with Crippen LogP contribution in [0.15, 0.2) is 18.3 Å². The highest BCUT2D eigenvalue weighted by Gasteiger charge is 2.16. The Balaban J connectivity index is 1.81. The van der Waals surface area contributed by atoms with Crippen LogP contribution in [-0.2, 0) is 9.53 Å². The van der Waals surface area contributed by atoms with Crippen LogP contribution < -0.4 is 5.32 Å². The average molecular weight is 256 g/mol. The number of aromatic nitrogens is 1. The van der Waals surface area contributed by atoms with Crippen molar-refractivity contribution in [1.29, 1.82) is 0 Å². The lowest BCUT2D eigenvalue weighted by atomic mass is 10.4. The Morgan fingerprint density at radius 2 is 2.24 bits per heavy atom. The summed E-state index contributed by atoms with van der Waals surface area (Å²) in [6.45, 7) is 2.80. The molecule has 6 heteroatoms. The molecule has 1 aliphatic rings. The van der Waals surface area contributed by atoms with Crippen molar-refractivity contribution in [1.82, 2.24) is 9.88 Å². The number of pyridine rings is 1. The molecule has 17 heavy (non-hydrogen) atoms. The summed E-state index contributed by atoms with van der Waals surface area (Å²) in [5, 5.41) is 3.55. The van der Waals surface area contributed by atoms with E-state index in [0.29, 0.717) is 37.1 Å². The van der Waals surface area contributed by atoms with E-state index in [1.807, 2.05) is 0 Å². The van der Waals surface area contributed by atoms with Gasteiger partial charge in [-0.1, -0.05) is 11.6 Å². The smallest absolute Gasteiger partial charge is 0.242 e. The van der Waals surface area contributed by atoms with E-state index < -0.39 is 0 Å². The maximum Gasteiger partial charge on any atom is 0.242 e. The van der Waals surface area contributed by atoms with Gasteiger partial charge in [-0.2, -0.15) is 0 Å². The first-order chi connectivity index (χ1) is 8.25. The number of morpholine rings is 1. The lowest BCUT2D eigenvalue weighted by molar-refractivity contribution is -0.133. The first kappa shape index (κ1) is 12.1. The molecule has 0 bridgehead atoms. The molecular weight excluding hydrogens is 242 g/mol. The Morgan fingerprint density at radius 3 is 2.88 bits per heavy atom. The summed E-state index contributed by atoms with van der Waals surface area (Å²) >= 11 is 5.72. The van der Waals surface area contributed by atoms with Crippen LogP contribution in [0.2, 0.25) is 5.02 Å². The zero-order chi connectivity index (χ0) is 12.1. The number of hydrogen-bond donors (Lipinski definition) is 1. The third-order valence-electron chi connectivity index (χ3n) is 2.51. The Morgan fingerprint density at radius 1 is 1.47 bits per heavy atom. The molecule has 2 rings (SSSR count). The maximum atomic E-state index is 11.8. The van der Waals surface area contributed by atoms with E-state index >= 15 is 0 Å². The minimum atomic E-state index is 0.0602. The number of nitrogens with one attached hydrogen (secondary N) is 1. The minimum Gasteiger partial charge on any atom is -0.378 e. The van der Waals surface area contributed by atoms with Gasteiger partial charge in [-0.05, 0) is 12.1 Å². The lowest BCUT2D eigenvalue weighted by Crippen LogP contribution is -2.43. The summed E-state index contributed by atoms with van der Waals surface area (Å²) in [4.78, 5) is 17.6. The maximum absolute atomic E-state index is 11.8. The van der Waals surface area contributed by atoms with Gasteiger partial charge in [0.15, 0.2) is 0 Å². The predicted molar refractivity (Wildman–Crippen MR) is 65.1 cm³/mol. The van der Waals surface area contributed by atoms with Crippen LogP contribution >= 0.6 is 11.6 Å². The second kappa shape index (κ2) is 5.84. The first-order valence-corrected chi connectivity index (χ1v) is 5.84. The van der Waals surface area contributed by atoms with Crippen LogP contribution in [0.1, 0.15) is 0 Å². The Bertz CT molecular complexity index is 377. The van der Waals surface area contributed by atoms with Crippen LogP contribution in [0.5, 0.6) is 0 Å². The molecule has 1 aromatic heterocycles. The fraction of sp³-hybridized carbons (Fsp3) is 0.455. The van der Waals surface area contributed by atoms with Gasteiger partial charge in [0, 0.05) is 19.3 Å². The second-order valence-electron chi connectivity index (χ2n) is 3.71. The molecule has 0 aromatic carbocycles. The molecule has 0 aliphatic carbocycles. The van der Waals surface area contributed by atoms with Crippen LogP contribution in [0.25, 0.3) is 0 Å². The summed E-state index contributed by atoms with van der Waals surface area (Å²) in [5.74, 6) is 0.709. The molecule has 2 heterocycles. The summed E-state index contributed by atoms with van der Waals surface area (Å²) in [7, 11) is 0. The van der Waals surface area contributed by atoms with Crippen molar-refractivity contribution in [2.75, 3.05) is 38.2 Å². The van der Waals surface area contributed by atoms with Gasteiger partial charge in [0.2, 0.25) is 5.91 Å². The number of rotatable bonds is 3. The van der Waals surface area contributed by atoms with Crippen LogP contribution in [0.4, 0.5) is 5.82 Å². The third-order valence-corrected chi connectivity index (χ3v) is 2.74. The highest BCUT2D eigenvalue weighted by atomic mass is 35.5. The molecule has 1 saturated heterocycles. The summed E-state index contributed by atoms with van der Waals surface area (Å²) in [6, 6.07) is 3.48. The zero-order valence-corrected chi connectivity index (χ0v) is 10.1. The van der Waals surface area contributed by atoms with Crippen molar-refractivity contribution < 1.29 is 9.53 Å². The van der Waals surface area contributed by atoms with E-state index in [0.717, 1.165) is 0 Å². The van der Waals surface area contributed by atoms with E-state index in [1.54, 1.807) is 23.2 Å². The van der Waals surface area contributed by atoms with Crippen LogP contribution in [0, 0.1) is 0 Å². The number of hydrogen-bond acceptors (Lipinski definition) is 4. The van der Waals surface area contributed by atoms with Gasteiger partial charge in [0.1, 0.15) is 5.82 Å². The zero-order valence-electron chi connectivity index (χ0n) is 9.36. The van der Waals surface area contributed by atoms with E-state index in [-0.39, 0.29) is 12.5 Å². The largest absolute Gasteiger partial charge is 0.378 e. The van der Waals surface area contributed by atoms with Crippen molar-refractivity contribution in [3.63, 3.8) is 0 Å². The molecule has 0 saturated carbocycles. The molecule has 0 unspecified atom stereocenters. The number of amides is 1. The highest BCUT2D eigenvalue weighted by molar-refractivity contribution is 6.30. The topological polar surface area (TPSA) is 54.5 Å². The molecule has 1 aliphatic heterocycles. The molecular formula is C11H14ClN3O2. The van der Waals surface area contributed by atoms with Gasteiger partial charge in [-0.15, -0.1) is 0 Å². The number of carbonyl (C=O) groups excluding carboxylic acids is 1. The SMILES string of the molecule is O=C(CNc1ccc(Cl)cn1)N1CCOCC1. The third kappa shape index (κ3) is 3.57. The van der Waals surface area contributed by atoms with E-state index in [4.69, 9.17) is 16.3 Å². The van der Waals surface area contributed by atoms with Gasteiger partial charge >= 0.3 is 0 Å². The second-order valence-corrected chi connectivity index (χ2v) is 4.14. The van der Waals surface area contributed by atoms with Gasteiger partial charge in [-0.3, -0.25) is 4.79 Å². The lowest BCUT2D eigenvalue weighted by Gasteiger charge is -2.26. The molecule has 5 nitrogen and oxygen atoms in total. The van der Waals surface area contributed by atoms with E-state index in [9.17, 15) is 4.79 Å². The van der Waals surface area contributed by atoms with Crippen LogP contribution in [0.3, 0.4) is 0 Å². The number of halogens is 1. The molecule has 1 aromatic rings. The first-order valence-electron chi connectivity index (χ1n) is 5.46. The Labute approximate surface area is 105 Å². The monoisotopic (exact) mass is 255 g/mol. The standard InChI is InChI=1S/C11H14ClN3O2/c12-9-1-2-10(13-7-9)14-8-11(16)15-3-5-17-6-4-15/h1-2,7H,3-6,8H2,(H,13,14). The number of ether oxygens (including phenoxy) is 1. The Hall–Kier alpha value is -1.33. The minimum absolute atomic E-state index is 0.0602. The normalized spacial score (nSPS) is 15.7. The van der Waals surface area contributed by atoms with Gasteiger partial charge in [0.25, 0.3) is 0 Å². The number of nitrogens with zero attached hydrogens (tertiary/aromatic N) is 2. The van der Waals surface area contributed by atoms with Crippen molar-refractivity contribution in [3.05, 3.63) is 23.4 Å². The highest BCUT2D eigenvalue weighted by Crippen LogP contribution is 2.09. The molecule has 1 N–H and O–H groups in total. The van der Waals surface area contributed by atoms with Crippen molar-refractivity contribution in [2.45, 2.75) is 0 Å². The summed E-state index contributed by atoms with van der Waals surface area (Å²) < 4.78 is 5.18. The molecule has 1 amide bonds. The van der Waals surface area contributed by atoms with Crippen molar-refractivity contribution >= 4 is 23.3 Å². The molecule has 0 radical (unpaired) electrons. The van der Waals surface area contributed by atoms with E-state index in [1.165, 1.54) is 0 Å². The molecule has 1 fully saturated rings. The quantitative estimate of drug-likeness (QED) is 0.876.